The van der Waals surface area contributed by atoms with E-state index in [0.717, 1.165) is 11.6 Å². The number of aromatic nitrogens is 1. The molecule has 0 unspecified atom stereocenters. The van der Waals surface area contributed by atoms with Gasteiger partial charge >= 0.3 is 0 Å². The SMILES string of the molecule is OC/C=C(\F)c1ccc(-c2ccon2)cc1. The fourth-order valence-electron chi connectivity index (χ4n) is 1.36. The Kier molecular flexibility index (Phi) is 3.12. The number of nitrogens with zero attached hydrogens (tertiary/aromatic N) is 1. The number of aliphatic hydroxyl groups is 1. The van der Waals surface area contributed by atoms with Crippen LogP contribution in [0.5, 0.6) is 0 Å². The molecular weight excluding hydrogens is 209 g/mol. The number of hydrogen-bond donors (Lipinski definition) is 1. The zero-order valence-corrected chi connectivity index (χ0v) is 8.43. The Balaban J connectivity index is 2.26. The third-order valence-corrected chi connectivity index (χ3v) is 2.16. The van der Waals surface area contributed by atoms with Crippen LogP contribution in [0, 0.1) is 0 Å². The molecule has 1 N–H and O–H groups in total. The van der Waals surface area contributed by atoms with Crippen molar-refractivity contribution in [3.63, 3.8) is 0 Å². The largest absolute Gasteiger partial charge is 0.392 e. The Bertz CT molecular complexity index is 474. The molecule has 0 saturated carbocycles. The van der Waals surface area contributed by atoms with E-state index in [4.69, 9.17) is 9.63 Å². The fraction of sp³-hybridized carbons (Fsp3) is 0.0833. The molecule has 1 heterocycles. The second-order valence-corrected chi connectivity index (χ2v) is 3.20. The number of rotatable bonds is 3. The van der Waals surface area contributed by atoms with Crippen LogP contribution >= 0.6 is 0 Å². The molecule has 0 radical (unpaired) electrons. The summed E-state index contributed by atoms with van der Waals surface area (Å²) in [6.07, 6.45) is 2.60. The van der Waals surface area contributed by atoms with Crippen molar-refractivity contribution in [3.8, 4) is 11.3 Å². The zero-order valence-electron chi connectivity index (χ0n) is 8.43. The average Bonchev–Trinajstić information content (AvgIpc) is 2.83. The molecule has 0 amide bonds. The molecule has 0 fully saturated rings. The molecular formula is C12H10FNO2. The van der Waals surface area contributed by atoms with E-state index in [-0.39, 0.29) is 6.61 Å². The van der Waals surface area contributed by atoms with Crippen molar-refractivity contribution in [2.75, 3.05) is 6.61 Å². The van der Waals surface area contributed by atoms with Crippen LogP contribution in [-0.2, 0) is 0 Å². The maximum absolute atomic E-state index is 13.3. The Morgan fingerprint density at radius 2 is 2.06 bits per heavy atom. The molecule has 2 rings (SSSR count). The second-order valence-electron chi connectivity index (χ2n) is 3.20. The first-order chi connectivity index (χ1) is 7.81. The van der Waals surface area contributed by atoms with Crippen LogP contribution in [0.1, 0.15) is 5.56 Å². The first-order valence-corrected chi connectivity index (χ1v) is 4.79. The minimum absolute atomic E-state index is 0.309. The van der Waals surface area contributed by atoms with Crippen LogP contribution in [0.4, 0.5) is 4.39 Å². The molecule has 2 aromatic rings. The molecule has 0 saturated heterocycles. The van der Waals surface area contributed by atoms with Crippen molar-refractivity contribution < 1.29 is 14.0 Å². The summed E-state index contributed by atoms with van der Waals surface area (Å²) < 4.78 is 18.0. The molecule has 0 aliphatic carbocycles. The van der Waals surface area contributed by atoms with Crippen molar-refractivity contribution in [2.24, 2.45) is 0 Å². The molecule has 1 aromatic carbocycles. The lowest BCUT2D eigenvalue weighted by molar-refractivity contribution is 0.342. The highest BCUT2D eigenvalue weighted by Crippen LogP contribution is 2.21. The van der Waals surface area contributed by atoms with Crippen molar-refractivity contribution in [1.82, 2.24) is 5.16 Å². The Morgan fingerprint density at radius 3 is 2.62 bits per heavy atom. The molecule has 0 aliphatic rings. The van der Waals surface area contributed by atoms with Crippen LogP contribution in [0.2, 0.25) is 0 Å². The molecule has 82 valence electrons. The van der Waals surface area contributed by atoms with Gasteiger partial charge in [-0.2, -0.15) is 0 Å². The van der Waals surface area contributed by atoms with Gasteiger partial charge in [0, 0.05) is 17.2 Å². The third-order valence-electron chi connectivity index (χ3n) is 2.16. The van der Waals surface area contributed by atoms with Gasteiger partial charge in [0.25, 0.3) is 0 Å². The monoisotopic (exact) mass is 219 g/mol. The lowest BCUT2D eigenvalue weighted by Gasteiger charge is -1.99. The van der Waals surface area contributed by atoms with Crippen LogP contribution in [-0.4, -0.2) is 16.9 Å². The Morgan fingerprint density at radius 1 is 1.31 bits per heavy atom. The van der Waals surface area contributed by atoms with Gasteiger partial charge in [0.2, 0.25) is 0 Å². The van der Waals surface area contributed by atoms with Crippen LogP contribution in [0.15, 0.2) is 47.2 Å². The molecule has 0 spiro atoms. The van der Waals surface area contributed by atoms with Gasteiger partial charge in [0.05, 0.1) is 6.61 Å². The molecule has 3 nitrogen and oxygen atoms in total. The number of aliphatic hydroxyl groups excluding tert-OH is 1. The van der Waals surface area contributed by atoms with Gasteiger partial charge in [-0.05, 0) is 6.08 Å². The van der Waals surface area contributed by atoms with Gasteiger partial charge in [-0.25, -0.2) is 4.39 Å². The summed E-state index contributed by atoms with van der Waals surface area (Å²) in [7, 11) is 0. The second kappa shape index (κ2) is 4.72. The lowest BCUT2D eigenvalue weighted by Crippen LogP contribution is -1.82. The van der Waals surface area contributed by atoms with E-state index < -0.39 is 5.83 Å². The molecule has 16 heavy (non-hydrogen) atoms. The topological polar surface area (TPSA) is 46.3 Å². The van der Waals surface area contributed by atoms with E-state index in [0.29, 0.717) is 11.3 Å². The highest BCUT2D eigenvalue weighted by atomic mass is 19.1. The summed E-state index contributed by atoms with van der Waals surface area (Å²) in [4.78, 5) is 0. The van der Waals surface area contributed by atoms with E-state index in [1.54, 1.807) is 30.3 Å². The summed E-state index contributed by atoms with van der Waals surface area (Å²) in [6, 6.07) is 8.49. The normalized spacial score (nSPS) is 11.8. The summed E-state index contributed by atoms with van der Waals surface area (Å²) in [6.45, 7) is -0.309. The van der Waals surface area contributed by atoms with Crippen LogP contribution < -0.4 is 0 Å². The third kappa shape index (κ3) is 2.17. The van der Waals surface area contributed by atoms with Crippen molar-refractivity contribution in [3.05, 3.63) is 48.2 Å². The predicted molar refractivity (Wildman–Crippen MR) is 58.1 cm³/mol. The molecule has 0 aliphatic heterocycles. The van der Waals surface area contributed by atoms with Crippen molar-refractivity contribution in [2.45, 2.75) is 0 Å². The molecule has 0 bridgehead atoms. The van der Waals surface area contributed by atoms with Crippen LogP contribution in [0.25, 0.3) is 17.1 Å². The Hall–Kier alpha value is -1.94. The highest BCUT2D eigenvalue weighted by Gasteiger charge is 2.03. The van der Waals surface area contributed by atoms with Gasteiger partial charge in [0.1, 0.15) is 17.8 Å². The summed E-state index contributed by atoms with van der Waals surface area (Å²) in [5, 5.41) is 12.3. The Labute approximate surface area is 91.8 Å². The maximum atomic E-state index is 13.3. The number of hydrogen-bond acceptors (Lipinski definition) is 3. The quantitative estimate of drug-likeness (QED) is 0.863. The maximum Gasteiger partial charge on any atom is 0.128 e. The summed E-state index contributed by atoms with van der Waals surface area (Å²) in [5.41, 5.74) is 1.99. The number of halogens is 1. The van der Waals surface area contributed by atoms with E-state index >= 15 is 0 Å². The highest BCUT2D eigenvalue weighted by molar-refractivity contribution is 5.65. The van der Waals surface area contributed by atoms with Gasteiger partial charge in [-0.1, -0.05) is 29.4 Å². The molecule has 4 heteroatoms. The standard InChI is InChI=1S/C12H10FNO2/c13-11(5-7-15)9-1-3-10(4-2-9)12-6-8-16-14-12/h1-6,8,15H,7H2/b11-5-. The van der Waals surface area contributed by atoms with Crippen LogP contribution in [0.3, 0.4) is 0 Å². The smallest absolute Gasteiger partial charge is 0.128 e. The minimum atomic E-state index is -0.436. The first-order valence-electron chi connectivity index (χ1n) is 4.79. The average molecular weight is 219 g/mol. The van der Waals surface area contributed by atoms with E-state index in [1.807, 2.05) is 0 Å². The summed E-state index contributed by atoms with van der Waals surface area (Å²) >= 11 is 0. The van der Waals surface area contributed by atoms with Gasteiger partial charge in [0.15, 0.2) is 0 Å². The van der Waals surface area contributed by atoms with Crippen molar-refractivity contribution >= 4 is 5.83 Å². The molecule has 0 atom stereocenters. The summed E-state index contributed by atoms with van der Waals surface area (Å²) in [5.74, 6) is -0.436. The van der Waals surface area contributed by atoms with Gasteiger partial charge in [-0.3, -0.25) is 0 Å². The molecule has 1 aromatic heterocycles. The van der Waals surface area contributed by atoms with Gasteiger partial charge < -0.3 is 9.63 Å². The fourth-order valence-corrected chi connectivity index (χ4v) is 1.36. The number of benzene rings is 1. The predicted octanol–water partition coefficient (Wildman–Crippen LogP) is 2.64. The minimum Gasteiger partial charge on any atom is -0.392 e. The van der Waals surface area contributed by atoms with E-state index in [2.05, 4.69) is 5.16 Å². The van der Waals surface area contributed by atoms with Crippen molar-refractivity contribution in [1.29, 1.82) is 0 Å². The van der Waals surface area contributed by atoms with E-state index in [1.165, 1.54) is 6.26 Å². The van der Waals surface area contributed by atoms with E-state index in [9.17, 15) is 4.39 Å². The van der Waals surface area contributed by atoms with Gasteiger partial charge in [-0.15, -0.1) is 0 Å². The first kappa shape index (κ1) is 10.6. The lowest BCUT2D eigenvalue weighted by atomic mass is 10.1. The zero-order chi connectivity index (χ0) is 11.4.